The molecule has 2 saturated heterocycles. The van der Waals surface area contributed by atoms with Crippen molar-refractivity contribution in [1.29, 1.82) is 0 Å². The number of carbonyl (C=O) groups is 2. The van der Waals surface area contributed by atoms with Crippen LogP contribution in [0.15, 0.2) is 36.9 Å². The summed E-state index contributed by atoms with van der Waals surface area (Å²) in [5, 5.41) is 0. The molecule has 1 unspecified atom stereocenters. The summed E-state index contributed by atoms with van der Waals surface area (Å²) in [7, 11) is 0. The van der Waals surface area contributed by atoms with Crippen LogP contribution in [0.3, 0.4) is 0 Å². The maximum atomic E-state index is 15.6. The second-order valence-corrected chi connectivity index (χ2v) is 7.66. The number of carbonyl (C=O) groups excluding carboxylic acids is 2. The van der Waals surface area contributed by atoms with Crippen molar-refractivity contribution in [2.75, 3.05) is 26.2 Å². The molecule has 0 aliphatic carbocycles. The van der Waals surface area contributed by atoms with Crippen LogP contribution in [-0.2, 0) is 15.3 Å². The fraction of sp³-hybridized carbons (Fsp3) is 0.524. The number of alkyl halides is 4. The molecule has 0 radical (unpaired) electrons. The van der Waals surface area contributed by atoms with Gasteiger partial charge in [-0.3, -0.25) is 9.59 Å². The molecule has 2 aliphatic rings. The normalized spacial score (nSPS) is 21.8. The number of halogens is 4. The fourth-order valence-electron chi connectivity index (χ4n) is 4.17. The quantitative estimate of drug-likeness (QED) is 0.542. The number of piperidine rings is 2. The number of para-hydroxylation sites is 1. The molecule has 2 amide bonds. The first-order valence-corrected chi connectivity index (χ1v) is 9.87. The molecule has 1 aromatic carbocycles. The lowest BCUT2D eigenvalue weighted by atomic mass is 9.85. The third-order valence-electron chi connectivity index (χ3n) is 5.72. The van der Waals surface area contributed by atoms with E-state index in [1.54, 1.807) is 4.90 Å². The zero-order valence-corrected chi connectivity index (χ0v) is 16.5. The van der Waals surface area contributed by atoms with E-state index < -0.39 is 17.8 Å². The van der Waals surface area contributed by atoms with Gasteiger partial charge >= 0.3 is 6.36 Å². The summed E-state index contributed by atoms with van der Waals surface area (Å²) in [6.07, 6.45) is -2.62. The molecule has 0 saturated carbocycles. The van der Waals surface area contributed by atoms with Gasteiger partial charge in [0.25, 0.3) is 0 Å². The number of ether oxygens (including phenoxy) is 1. The number of nitrogens with zero attached hydrogens (tertiary/aromatic N) is 2. The first-order chi connectivity index (χ1) is 14.1. The van der Waals surface area contributed by atoms with Gasteiger partial charge < -0.3 is 14.5 Å². The van der Waals surface area contributed by atoms with E-state index in [0.717, 1.165) is 6.07 Å². The van der Waals surface area contributed by atoms with Crippen LogP contribution in [0.2, 0.25) is 0 Å². The predicted octanol–water partition coefficient (Wildman–Crippen LogP) is 3.80. The van der Waals surface area contributed by atoms with Crippen molar-refractivity contribution in [3.63, 3.8) is 0 Å². The fourth-order valence-corrected chi connectivity index (χ4v) is 4.17. The van der Waals surface area contributed by atoms with E-state index >= 15 is 4.39 Å². The van der Waals surface area contributed by atoms with Crippen LogP contribution in [-0.4, -0.2) is 54.2 Å². The number of hydrogen-bond donors (Lipinski definition) is 0. The average Bonchev–Trinajstić information content (AvgIpc) is 2.72. The third kappa shape index (κ3) is 4.94. The highest BCUT2D eigenvalue weighted by molar-refractivity contribution is 5.88. The minimum Gasteiger partial charge on any atom is -0.405 e. The highest BCUT2D eigenvalue weighted by Gasteiger charge is 2.43. The molecule has 2 heterocycles. The van der Waals surface area contributed by atoms with E-state index in [-0.39, 0.29) is 49.2 Å². The number of benzene rings is 1. The second kappa shape index (κ2) is 8.65. The van der Waals surface area contributed by atoms with Gasteiger partial charge in [0.2, 0.25) is 11.8 Å². The van der Waals surface area contributed by atoms with E-state index in [1.807, 2.05) is 0 Å². The lowest BCUT2D eigenvalue weighted by Crippen LogP contribution is -2.50. The largest absolute Gasteiger partial charge is 0.573 e. The Morgan fingerprint density at radius 1 is 1.13 bits per heavy atom. The summed E-state index contributed by atoms with van der Waals surface area (Å²) in [5.74, 6) is -1.30. The summed E-state index contributed by atoms with van der Waals surface area (Å²) in [4.78, 5) is 27.8. The molecule has 5 nitrogen and oxygen atoms in total. The van der Waals surface area contributed by atoms with Crippen molar-refractivity contribution in [2.45, 2.75) is 37.7 Å². The standard InChI is InChI=1S/C21H24F4N2O3/c1-2-18(28)27-11-5-6-15(14-27)19(29)26-12-9-20(22,10-13-26)16-7-3-4-8-17(16)30-21(23,24)25/h2-4,7-8,15H,1,5-6,9-14H2. The predicted molar refractivity (Wildman–Crippen MR) is 101 cm³/mol. The minimum absolute atomic E-state index is 0.0849. The van der Waals surface area contributed by atoms with Gasteiger partial charge in [0.15, 0.2) is 0 Å². The smallest absolute Gasteiger partial charge is 0.405 e. The molecule has 0 aromatic heterocycles. The Morgan fingerprint density at radius 3 is 2.43 bits per heavy atom. The van der Waals surface area contributed by atoms with Gasteiger partial charge in [-0.05, 0) is 25.0 Å². The number of hydrogen-bond acceptors (Lipinski definition) is 3. The van der Waals surface area contributed by atoms with Crippen LogP contribution in [0.25, 0.3) is 0 Å². The topological polar surface area (TPSA) is 49.9 Å². The number of rotatable bonds is 4. The summed E-state index contributed by atoms with van der Waals surface area (Å²) in [6.45, 7) is 4.49. The molecule has 164 valence electrons. The van der Waals surface area contributed by atoms with Crippen LogP contribution in [0.5, 0.6) is 5.75 Å². The minimum atomic E-state index is -4.92. The van der Waals surface area contributed by atoms with Gasteiger partial charge in [-0.1, -0.05) is 24.8 Å². The molecule has 1 atom stereocenters. The van der Waals surface area contributed by atoms with Gasteiger partial charge in [0.05, 0.1) is 5.92 Å². The Labute approximate surface area is 172 Å². The first kappa shape index (κ1) is 22.1. The van der Waals surface area contributed by atoms with Crippen LogP contribution in [0.1, 0.15) is 31.2 Å². The van der Waals surface area contributed by atoms with Crippen LogP contribution in [0, 0.1) is 5.92 Å². The van der Waals surface area contributed by atoms with Crippen LogP contribution in [0.4, 0.5) is 17.6 Å². The number of likely N-dealkylation sites (tertiary alicyclic amines) is 2. The van der Waals surface area contributed by atoms with Crippen molar-refractivity contribution in [3.05, 3.63) is 42.5 Å². The van der Waals surface area contributed by atoms with E-state index in [4.69, 9.17) is 0 Å². The van der Waals surface area contributed by atoms with E-state index in [9.17, 15) is 22.8 Å². The van der Waals surface area contributed by atoms with Crippen LogP contribution >= 0.6 is 0 Å². The van der Waals surface area contributed by atoms with Gasteiger partial charge in [-0.25, -0.2) is 4.39 Å². The lowest BCUT2D eigenvalue weighted by molar-refractivity contribution is -0.275. The summed E-state index contributed by atoms with van der Waals surface area (Å²) < 4.78 is 57.6. The SMILES string of the molecule is C=CC(=O)N1CCCC(C(=O)N2CCC(F)(c3ccccc3OC(F)(F)F)CC2)C1. The van der Waals surface area contributed by atoms with E-state index in [1.165, 1.54) is 29.2 Å². The summed E-state index contributed by atoms with van der Waals surface area (Å²) in [6, 6.07) is 5.20. The monoisotopic (exact) mass is 428 g/mol. The zero-order chi connectivity index (χ0) is 21.9. The molecule has 3 rings (SSSR count). The Kier molecular flexibility index (Phi) is 6.38. The molecule has 0 N–H and O–H groups in total. The molecule has 0 spiro atoms. The second-order valence-electron chi connectivity index (χ2n) is 7.66. The maximum absolute atomic E-state index is 15.6. The van der Waals surface area contributed by atoms with Gasteiger partial charge in [-0.2, -0.15) is 0 Å². The Morgan fingerprint density at radius 2 is 1.80 bits per heavy atom. The highest BCUT2D eigenvalue weighted by atomic mass is 19.4. The Balaban J connectivity index is 1.66. The van der Waals surface area contributed by atoms with Crippen LogP contribution < -0.4 is 4.74 Å². The molecule has 1 aromatic rings. The Hall–Kier alpha value is -2.58. The van der Waals surface area contributed by atoms with Crippen molar-refractivity contribution >= 4 is 11.8 Å². The van der Waals surface area contributed by atoms with Gasteiger partial charge in [-0.15, -0.1) is 13.2 Å². The molecular formula is C21H24F4N2O3. The molecule has 2 aliphatic heterocycles. The summed E-state index contributed by atoms with van der Waals surface area (Å²) >= 11 is 0. The Bertz CT molecular complexity index is 804. The molecule has 30 heavy (non-hydrogen) atoms. The number of amides is 2. The van der Waals surface area contributed by atoms with Gasteiger partial charge in [0.1, 0.15) is 11.4 Å². The maximum Gasteiger partial charge on any atom is 0.573 e. The average molecular weight is 428 g/mol. The zero-order valence-electron chi connectivity index (χ0n) is 16.5. The lowest BCUT2D eigenvalue weighted by Gasteiger charge is -2.40. The van der Waals surface area contributed by atoms with Crippen molar-refractivity contribution < 1.29 is 31.9 Å². The molecule has 2 fully saturated rings. The van der Waals surface area contributed by atoms with Crippen molar-refractivity contribution in [1.82, 2.24) is 9.80 Å². The summed E-state index contributed by atoms with van der Waals surface area (Å²) in [5.41, 5.74) is -2.18. The molecule has 0 bridgehead atoms. The molecular weight excluding hydrogens is 404 g/mol. The van der Waals surface area contributed by atoms with Crippen molar-refractivity contribution in [2.24, 2.45) is 5.92 Å². The molecule has 9 heteroatoms. The third-order valence-corrected chi connectivity index (χ3v) is 5.72. The highest BCUT2D eigenvalue weighted by Crippen LogP contribution is 2.43. The first-order valence-electron chi connectivity index (χ1n) is 9.87. The van der Waals surface area contributed by atoms with Crippen molar-refractivity contribution in [3.8, 4) is 5.75 Å². The van der Waals surface area contributed by atoms with E-state index in [2.05, 4.69) is 11.3 Å². The van der Waals surface area contributed by atoms with Gasteiger partial charge in [0, 0.05) is 44.6 Å². The van der Waals surface area contributed by atoms with E-state index in [0.29, 0.717) is 25.9 Å².